The van der Waals surface area contributed by atoms with Gasteiger partial charge in [0, 0.05) is 12.4 Å². The molecule has 0 fully saturated rings. The smallest absolute Gasteiger partial charge is 0.406 e. The van der Waals surface area contributed by atoms with E-state index < -0.39 is 4.92 Å². The van der Waals surface area contributed by atoms with Crippen LogP contribution in [-0.4, -0.2) is 19.3 Å². The fourth-order valence-corrected chi connectivity index (χ4v) is 2.01. The number of nitro groups is 1. The van der Waals surface area contributed by atoms with Crippen molar-refractivity contribution in [2.75, 3.05) is 0 Å². The molecule has 7 heteroatoms. The van der Waals surface area contributed by atoms with Crippen LogP contribution in [0, 0.1) is 17.0 Å². The van der Waals surface area contributed by atoms with Gasteiger partial charge in [0.15, 0.2) is 0 Å². The summed E-state index contributed by atoms with van der Waals surface area (Å²) in [6.07, 6.45) is 5.15. The molecule has 106 valence electrons. The van der Waals surface area contributed by atoms with Crippen molar-refractivity contribution in [2.45, 2.75) is 13.5 Å². The number of aryl methyl sites for hydroxylation is 1. The van der Waals surface area contributed by atoms with E-state index in [9.17, 15) is 10.1 Å². The number of aromatic nitrogens is 3. The molecular formula is C14H12N4O3. The Bertz CT molecular complexity index is 813. The first-order valence-electron chi connectivity index (χ1n) is 6.30. The Morgan fingerprint density at radius 3 is 3.00 bits per heavy atom. The molecule has 0 unspecified atom stereocenters. The molecule has 0 aliphatic heterocycles. The van der Waals surface area contributed by atoms with Crippen molar-refractivity contribution < 1.29 is 9.66 Å². The van der Waals surface area contributed by atoms with E-state index in [1.54, 1.807) is 6.07 Å². The van der Waals surface area contributed by atoms with Crippen LogP contribution in [0.25, 0.3) is 5.65 Å². The number of rotatable bonds is 4. The van der Waals surface area contributed by atoms with Crippen LogP contribution < -0.4 is 4.74 Å². The fraction of sp³-hybridized carbons (Fsp3) is 0.143. The Labute approximate surface area is 120 Å². The number of pyridine rings is 2. The molecule has 0 aliphatic rings. The van der Waals surface area contributed by atoms with Crippen molar-refractivity contribution in [3.05, 3.63) is 64.2 Å². The maximum Gasteiger partial charge on any atom is 0.406 e. The summed E-state index contributed by atoms with van der Waals surface area (Å²) in [5, 5.41) is 10.9. The second kappa shape index (κ2) is 5.20. The minimum Gasteiger partial charge on any atom is -0.479 e. The summed E-state index contributed by atoms with van der Waals surface area (Å²) in [6.45, 7) is 2.14. The highest BCUT2D eigenvalue weighted by Gasteiger charge is 2.16. The lowest BCUT2D eigenvalue weighted by Gasteiger charge is -2.03. The first-order valence-corrected chi connectivity index (χ1v) is 6.30. The van der Waals surface area contributed by atoms with E-state index in [0.717, 1.165) is 11.2 Å². The van der Waals surface area contributed by atoms with Gasteiger partial charge in [-0.3, -0.25) is 0 Å². The van der Waals surface area contributed by atoms with Gasteiger partial charge in [0.25, 0.3) is 0 Å². The molecule has 0 spiro atoms. The predicted octanol–water partition coefficient (Wildman–Crippen LogP) is 2.52. The molecule has 0 atom stereocenters. The van der Waals surface area contributed by atoms with Gasteiger partial charge in [-0.2, -0.15) is 0 Å². The standard InChI is InChI=1S/C14H12N4O3/c1-10-4-5-13-16-11(8-17(13)7-10)9-21-12-3-2-6-15-14(12)18(19)20/h2-8H,9H2,1H3. The fourth-order valence-electron chi connectivity index (χ4n) is 2.01. The van der Waals surface area contributed by atoms with Gasteiger partial charge in [-0.1, -0.05) is 6.07 Å². The van der Waals surface area contributed by atoms with Gasteiger partial charge in [-0.15, -0.1) is 0 Å². The zero-order chi connectivity index (χ0) is 14.8. The summed E-state index contributed by atoms with van der Waals surface area (Å²) in [5.74, 6) is -0.159. The van der Waals surface area contributed by atoms with Crippen LogP contribution in [0.15, 0.2) is 42.9 Å². The number of fused-ring (bicyclic) bond motifs is 1. The normalized spacial score (nSPS) is 10.7. The molecule has 0 bridgehead atoms. The Morgan fingerprint density at radius 2 is 2.19 bits per heavy atom. The van der Waals surface area contributed by atoms with Crippen molar-refractivity contribution in [1.29, 1.82) is 0 Å². The van der Waals surface area contributed by atoms with Gasteiger partial charge < -0.3 is 19.3 Å². The first-order chi connectivity index (χ1) is 10.1. The van der Waals surface area contributed by atoms with Crippen LogP contribution in [0.3, 0.4) is 0 Å². The lowest BCUT2D eigenvalue weighted by Crippen LogP contribution is -2.00. The Hall–Kier alpha value is -2.96. The summed E-state index contributed by atoms with van der Waals surface area (Å²) < 4.78 is 7.36. The second-order valence-electron chi connectivity index (χ2n) is 4.58. The number of imidazole rings is 1. The summed E-state index contributed by atoms with van der Waals surface area (Å²) in [7, 11) is 0. The van der Waals surface area contributed by atoms with Crippen LogP contribution in [0.2, 0.25) is 0 Å². The minimum atomic E-state index is -0.567. The molecule has 3 heterocycles. The predicted molar refractivity (Wildman–Crippen MR) is 75.2 cm³/mol. The van der Waals surface area contributed by atoms with E-state index in [1.165, 1.54) is 12.3 Å². The second-order valence-corrected chi connectivity index (χ2v) is 4.58. The molecule has 3 aromatic heterocycles. The lowest BCUT2D eigenvalue weighted by atomic mass is 10.3. The van der Waals surface area contributed by atoms with E-state index in [2.05, 4.69) is 9.97 Å². The summed E-state index contributed by atoms with van der Waals surface area (Å²) in [5.41, 5.74) is 2.62. The highest BCUT2D eigenvalue weighted by Crippen LogP contribution is 2.23. The average Bonchev–Trinajstić information content (AvgIpc) is 2.87. The molecule has 3 aromatic rings. The van der Waals surface area contributed by atoms with Crippen molar-refractivity contribution >= 4 is 11.5 Å². The minimum absolute atomic E-state index is 0.135. The third kappa shape index (κ3) is 2.66. The number of nitrogens with zero attached hydrogens (tertiary/aromatic N) is 4. The summed E-state index contributed by atoms with van der Waals surface area (Å²) >= 11 is 0. The topological polar surface area (TPSA) is 82.6 Å². The molecule has 0 radical (unpaired) electrons. The van der Waals surface area contributed by atoms with Crippen molar-refractivity contribution in [2.24, 2.45) is 0 Å². The largest absolute Gasteiger partial charge is 0.479 e. The van der Waals surface area contributed by atoms with E-state index in [4.69, 9.17) is 4.74 Å². The highest BCUT2D eigenvalue weighted by molar-refractivity contribution is 5.42. The van der Waals surface area contributed by atoms with Crippen LogP contribution in [0.5, 0.6) is 5.75 Å². The molecule has 0 saturated heterocycles. The van der Waals surface area contributed by atoms with Gasteiger partial charge >= 0.3 is 5.82 Å². The Balaban J connectivity index is 1.82. The molecule has 0 aromatic carbocycles. The maximum atomic E-state index is 10.9. The van der Waals surface area contributed by atoms with Crippen molar-refractivity contribution in [3.63, 3.8) is 0 Å². The number of hydrogen-bond acceptors (Lipinski definition) is 5. The maximum absolute atomic E-state index is 10.9. The van der Waals surface area contributed by atoms with Crippen LogP contribution in [0.1, 0.15) is 11.3 Å². The number of ether oxygens (including phenoxy) is 1. The monoisotopic (exact) mass is 284 g/mol. The van der Waals surface area contributed by atoms with Gasteiger partial charge in [-0.25, -0.2) is 4.98 Å². The van der Waals surface area contributed by atoms with Gasteiger partial charge in [-0.05, 0) is 40.6 Å². The molecule has 21 heavy (non-hydrogen) atoms. The van der Waals surface area contributed by atoms with E-state index in [0.29, 0.717) is 5.69 Å². The third-order valence-electron chi connectivity index (χ3n) is 2.95. The van der Waals surface area contributed by atoms with Gasteiger partial charge in [0.05, 0.1) is 5.69 Å². The van der Waals surface area contributed by atoms with E-state index in [-0.39, 0.29) is 18.2 Å². The van der Waals surface area contributed by atoms with Gasteiger partial charge in [0.2, 0.25) is 5.75 Å². The molecule has 7 nitrogen and oxygen atoms in total. The Kier molecular flexibility index (Phi) is 3.23. The molecule has 0 amide bonds. The highest BCUT2D eigenvalue weighted by atomic mass is 16.6. The molecular weight excluding hydrogens is 272 g/mol. The van der Waals surface area contributed by atoms with Crippen molar-refractivity contribution in [1.82, 2.24) is 14.4 Å². The van der Waals surface area contributed by atoms with E-state index >= 15 is 0 Å². The van der Waals surface area contributed by atoms with Crippen LogP contribution in [0.4, 0.5) is 5.82 Å². The van der Waals surface area contributed by atoms with Crippen LogP contribution >= 0.6 is 0 Å². The van der Waals surface area contributed by atoms with Crippen LogP contribution in [-0.2, 0) is 6.61 Å². The lowest BCUT2D eigenvalue weighted by molar-refractivity contribution is -0.390. The molecule has 0 saturated carbocycles. The van der Waals surface area contributed by atoms with Gasteiger partial charge in [0.1, 0.15) is 18.5 Å². The Morgan fingerprint density at radius 1 is 1.33 bits per heavy atom. The SMILES string of the molecule is Cc1ccc2nc(COc3cccnc3[N+](=O)[O-])cn2c1. The zero-order valence-corrected chi connectivity index (χ0v) is 11.3. The zero-order valence-electron chi connectivity index (χ0n) is 11.3. The average molecular weight is 284 g/mol. The number of hydrogen-bond donors (Lipinski definition) is 0. The summed E-state index contributed by atoms with van der Waals surface area (Å²) in [4.78, 5) is 18.4. The summed E-state index contributed by atoms with van der Waals surface area (Å²) in [6, 6.07) is 6.99. The third-order valence-corrected chi connectivity index (χ3v) is 2.95. The molecule has 0 aliphatic carbocycles. The van der Waals surface area contributed by atoms with E-state index in [1.807, 2.05) is 35.9 Å². The molecule has 0 N–H and O–H groups in total. The quantitative estimate of drug-likeness (QED) is 0.543. The first kappa shape index (κ1) is 13.0. The molecule has 3 rings (SSSR count). The van der Waals surface area contributed by atoms with Crippen molar-refractivity contribution in [3.8, 4) is 5.75 Å².